The molecule has 4 heteroatoms. The number of furan rings is 1. The first-order valence-electron chi connectivity index (χ1n) is 6.42. The van der Waals surface area contributed by atoms with Crippen molar-refractivity contribution in [3.8, 4) is 0 Å². The second-order valence-electron chi connectivity index (χ2n) is 4.54. The van der Waals surface area contributed by atoms with Crippen LogP contribution in [0.15, 0.2) is 16.7 Å². The molecule has 0 radical (unpaired) electrons. The van der Waals surface area contributed by atoms with Crippen LogP contribution in [0.4, 0.5) is 0 Å². The molecule has 1 unspecified atom stereocenters. The van der Waals surface area contributed by atoms with E-state index >= 15 is 0 Å². The van der Waals surface area contributed by atoms with Crippen LogP contribution in [0.2, 0.25) is 0 Å². The van der Waals surface area contributed by atoms with Gasteiger partial charge < -0.3 is 14.9 Å². The molecule has 1 aliphatic heterocycles. The Balaban J connectivity index is 1.90. The van der Waals surface area contributed by atoms with E-state index in [0.29, 0.717) is 12.6 Å². The molecule has 0 amide bonds. The molecule has 1 fully saturated rings. The zero-order valence-electron chi connectivity index (χ0n) is 10.5. The lowest BCUT2D eigenvalue weighted by Crippen LogP contribution is -2.31. The molecule has 4 nitrogen and oxygen atoms in total. The summed E-state index contributed by atoms with van der Waals surface area (Å²) in [5.74, 6) is 0.899. The molecule has 0 aliphatic carbocycles. The van der Waals surface area contributed by atoms with E-state index in [1.54, 1.807) is 6.26 Å². The summed E-state index contributed by atoms with van der Waals surface area (Å²) in [6, 6.07) is 2.01. The van der Waals surface area contributed by atoms with Crippen molar-refractivity contribution >= 4 is 0 Å². The third-order valence-corrected chi connectivity index (χ3v) is 3.35. The minimum Gasteiger partial charge on any atom is -0.468 e. The monoisotopic (exact) mass is 238 g/mol. The van der Waals surface area contributed by atoms with Crippen molar-refractivity contribution in [3.63, 3.8) is 0 Å². The van der Waals surface area contributed by atoms with Crippen molar-refractivity contribution in [1.29, 1.82) is 0 Å². The maximum absolute atomic E-state index is 5.67. The summed E-state index contributed by atoms with van der Waals surface area (Å²) in [7, 11) is 0. The molecule has 1 aliphatic rings. The zero-order valence-corrected chi connectivity index (χ0v) is 10.5. The molecule has 0 saturated carbocycles. The molecule has 2 N–H and O–H groups in total. The molecule has 0 bridgehead atoms. The van der Waals surface area contributed by atoms with Gasteiger partial charge in [-0.3, -0.25) is 4.90 Å². The Morgan fingerprint density at radius 1 is 1.53 bits per heavy atom. The number of nitrogens with zero attached hydrogens (tertiary/aromatic N) is 1. The lowest BCUT2D eigenvalue weighted by molar-refractivity contribution is 0.0723. The Bertz CT molecular complexity index is 332. The molecule has 1 aromatic rings. The lowest BCUT2D eigenvalue weighted by atomic mass is 10.2. The minimum absolute atomic E-state index is 0.406. The van der Waals surface area contributed by atoms with Gasteiger partial charge in [0.05, 0.1) is 18.9 Å². The fraction of sp³-hybridized carbons (Fsp3) is 0.692. The third-order valence-electron chi connectivity index (χ3n) is 3.35. The van der Waals surface area contributed by atoms with E-state index in [4.69, 9.17) is 14.9 Å². The molecule has 0 spiro atoms. The van der Waals surface area contributed by atoms with Crippen LogP contribution in [0.3, 0.4) is 0 Å². The highest BCUT2D eigenvalue weighted by Crippen LogP contribution is 2.17. The number of nitrogens with two attached hydrogens (primary N) is 1. The van der Waals surface area contributed by atoms with Crippen LogP contribution in [0, 0.1) is 0 Å². The van der Waals surface area contributed by atoms with Gasteiger partial charge >= 0.3 is 0 Å². The SMILES string of the molecule is CCN(Cc1ccoc1CN)CC1CCCO1. The fourth-order valence-corrected chi connectivity index (χ4v) is 2.31. The topological polar surface area (TPSA) is 51.6 Å². The van der Waals surface area contributed by atoms with Gasteiger partial charge in [0.1, 0.15) is 5.76 Å². The van der Waals surface area contributed by atoms with Gasteiger partial charge in [0.2, 0.25) is 0 Å². The van der Waals surface area contributed by atoms with E-state index in [1.165, 1.54) is 18.4 Å². The van der Waals surface area contributed by atoms with Gasteiger partial charge in [0.25, 0.3) is 0 Å². The van der Waals surface area contributed by atoms with Crippen LogP contribution >= 0.6 is 0 Å². The number of likely N-dealkylation sites (N-methyl/N-ethyl adjacent to an activating group) is 1. The second-order valence-corrected chi connectivity index (χ2v) is 4.54. The number of ether oxygens (including phenoxy) is 1. The van der Waals surface area contributed by atoms with Crippen molar-refractivity contribution < 1.29 is 9.15 Å². The first-order chi connectivity index (χ1) is 8.33. The van der Waals surface area contributed by atoms with Gasteiger partial charge in [-0.1, -0.05) is 6.92 Å². The predicted octanol–water partition coefficient (Wildman–Crippen LogP) is 1.74. The Labute approximate surface area is 103 Å². The molecule has 1 saturated heterocycles. The van der Waals surface area contributed by atoms with Crippen molar-refractivity contribution in [2.24, 2.45) is 5.73 Å². The third kappa shape index (κ3) is 3.31. The maximum Gasteiger partial charge on any atom is 0.121 e. The van der Waals surface area contributed by atoms with Crippen LogP contribution in [-0.4, -0.2) is 30.7 Å². The normalized spacial score (nSPS) is 20.3. The Morgan fingerprint density at radius 2 is 2.41 bits per heavy atom. The summed E-state index contributed by atoms with van der Waals surface area (Å²) in [6.07, 6.45) is 4.51. The highest BCUT2D eigenvalue weighted by molar-refractivity contribution is 5.16. The molecule has 1 atom stereocenters. The van der Waals surface area contributed by atoms with E-state index in [1.807, 2.05) is 6.07 Å². The van der Waals surface area contributed by atoms with Crippen LogP contribution in [0.5, 0.6) is 0 Å². The predicted molar refractivity (Wildman–Crippen MR) is 66.5 cm³/mol. The van der Waals surface area contributed by atoms with E-state index in [9.17, 15) is 0 Å². The summed E-state index contributed by atoms with van der Waals surface area (Å²) < 4.78 is 11.0. The summed E-state index contributed by atoms with van der Waals surface area (Å²) in [5.41, 5.74) is 6.84. The first kappa shape index (κ1) is 12.6. The highest BCUT2D eigenvalue weighted by atomic mass is 16.5. The van der Waals surface area contributed by atoms with E-state index in [2.05, 4.69) is 11.8 Å². The molecular weight excluding hydrogens is 216 g/mol. The summed E-state index contributed by atoms with van der Waals surface area (Å²) in [6.45, 7) is 6.50. The molecule has 96 valence electrons. The minimum atomic E-state index is 0.406. The van der Waals surface area contributed by atoms with E-state index in [0.717, 1.165) is 32.0 Å². The van der Waals surface area contributed by atoms with Gasteiger partial charge in [-0.15, -0.1) is 0 Å². The van der Waals surface area contributed by atoms with Crippen LogP contribution in [0.25, 0.3) is 0 Å². The van der Waals surface area contributed by atoms with Gasteiger partial charge in [0.15, 0.2) is 0 Å². The van der Waals surface area contributed by atoms with Crippen molar-refractivity contribution in [3.05, 3.63) is 23.7 Å². The summed E-state index contributed by atoms with van der Waals surface area (Å²) in [5, 5.41) is 0. The average molecular weight is 238 g/mol. The second kappa shape index (κ2) is 6.19. The summed E-state index contributed by atoms with van der Waals surface area (Å²) in [4.78, 5) is 2.39. The largest absolute Gasteiger partial charge is 0.468 e. The molecule has 17 heavy (non-hydrogen) atoms. The first-order valence-corrected chi connectivity index (χ1v) is 6.42. The van der Waals surface area contributed by atoms with E-state index < -0.39 is 0 Å². The highest BCUT2D eigenvalue weighted by Gasteiger charge is 2.19. The smallest absolute Gasteiger partial charge is 0.121 e. The standard InChI is InChI=1S/C13H22N2O2/c1-2-15(10-12-4-3-6-16-12)9-11-5-7-17-13(11)8-14/h5,7,12H,2-4,6,8-10,14H2,1H3. The van der Waals surface area contributed by atoms with Crippen LogP contribution in [-0.2, 0) is 17.8 Å². The number of rotatable bonds is 6. The van der Waals surface area contributed by atoms with Gasteiger partial charge in [-0.25, -0.2) is 0 Å². The molecule has 2 rings (SSSR count). The Kier molecular flexibility index (Phi) is 4.59. The maximum atomic E-state index is 5.67. The number of hydrogen-bond acceptors (Lipinski definition) is 4. The van der Waals surface area contributed by atoms with Gasteiger partial charge in [0, 0.05) is 25.3 Å². The molecule has 1 aromatic heterocycles. The molecule has 0 aromatic carbocycles. The lowest BCUT2D eigenvalue weighted by Gasteiger charge is -2.23. The van der Waals surface area contributed by atoms with Crippen LogP contribution < -0.4 is 5.73 Å². The quantitative estimate of drug-likeness (QED) is 0.820. The van der Waals surface area contributed by atoms with Crippen molar-refractivity contribution in [1.82, 2.24) is 4.90 Å². The van der Waals surface area contributed by atoms with Crippen molar-refractivity contribution in [2.75, 3.05) is 19.7 Å². The zero-order chi connectivity index (χ0) is 12.1. The number of hydrogen-bond donors (Lipinski definition) is 1. The molecular formula is C13H22N2O2. The van der Waals surface area contributed by atoms with Gasteiger partial charge in [-0.05, 0) is 25.5 Å². The van der Waals surface area contributed by atoms with Gasteiger partial charge in [-0.2, -0.15) is 0 Å². The van der Waals surface area contributed by atoms with Crippen LogP contribution in [0.1, 0.15) is 31.1 Å². The van der Waals surface area contributed by atoms with Crippen molar-refractivity contribution in [2.45, 2.75) is 39.0 Å². The Morgan fingerprint density at radius 3 is 3.06 bits per heavy atom. The Hall–Kier alpha value is -0.840. The average Bonchev–Trinajstić information content (AvgIpc) is 2.99. The van der Waals surface area contributed by atoms with E-state index in [-0.39, 0.29) is 0 Å². The fourth-order valence-electron chi connectivity index (χ4n) is 2.31. The molecule has 2 heterocycles. The summed E-state index contributed by atoms with van der Waals surface area (Å²) >= 11 is 0.